The molecule has 0 heterocycles. The number of rotatable bonds is 8. The van der Waals surface area contributed by atoms with Crippen LogP contribution in [0.15, 0.2) is 0 Å². The van der Waals surface area contributed by atoms with Crippen LogP contribution in [0.1, 0.15) is 79.6 Å². The molecule has 0 aromatic carbocycles. The highest BCUT2D eigenvalue weighted by Crippen LogP contribution is 2.54. The largest absolute Gasteiger partial charge is 0.0753 e. The van der Waals surface area contributed by atoms with Crippen molar-refractivity contribution in [1.29, 1.82) is 0 Å². The molecule has 0 aromatic rings. The second kappa shape index (κ2) is 6.61. The molecule has 0 saturated heterocycles. The third kappa shape index (κ3) is 3.54. The standard InChI is InChI=1S/C14H29B/c1-6-10-12-13(5,11-7-2)14(15,8-3)9-4/h6-12H2,1-5H3. The van der Waals surface area contributed by atoms with Crippen LogP contribution >= 0.6 is 0 Å². The molecule has 88 valence electrons. The summed E-state index contributed by atoms with van der Waals surface area (Å²) < 4.78 is 0. The molecular formula is C14H29B. The van der Waals surface area contributed by atoms with Crippen LogP contribution in [-0.2, 0) is 0 Å². The van der Waals surface area contributed by atoms with E-state index in [1.165, 1.54) is 32.1 Å². The Balaban J connectivity index is 4.72. The van der Waals surface area contributed by atoms with Crippen LogP contribution in [0.5, 0.6) is 0 Å². The molecule has 0 bridgehead atoms. The number of hydrogen-bond acceptors (Lipinski definition) is 0. The third-order valence-corrected chi connectivity index (χ3v) is 4.35. The van der Waals surface area contributed by atoms with Gasteiger partial charge in [0, 0.05) is 0 Å². The van der Waals surface area contributed by atoms with Crippen LogP contribution in [0.3, 0.4) is 0 Å². The first-order chi connectivity index (χ1) is 6.99. The first-order valence-corrected chi connectivity index (χ1v) is 6.78. The smallest absolute Gasteiger partial charge is 0.0655 e. The van der Waals surface area contributed by atoms with Crippen molar-refractivity contribution >= 4 is 7.85 Å². The maximum Gasteiger partial charge on any atom is 0.0753 e. The Morgan fingerprint density at radius 2 is 1.40 bits per heavy atom. The minimum atomic E-state index is 0.0399. The van der Waals surface area contributed by atoms with Crippen molar-refractivity contribution in [3.8, 4) is 0 Å². The van der Waals surface area contributed by atoms with Crippen molar-refractivity contribution < 1.29 is 0 Å². The zero-order chi connectivity index (χ0) is 11.9. The molecular weight excluding hydrogens is 179 g/mol. The van der Waals surface area contributed by atoms with Gasteiger partial charge in [-0.05, 0) is 18.3 Å². The molecule has 0 rings (SSSR count). The maximum absolute atomic E-state index is 6.60. The monoisotopic (exact) mass is 208 g/mol. The highest BCUT2D eigenvalue weighted by molar-refractivity contribution is 6.15. The summed E-state index contributed by atoms with van der Waals surface area (Å²) in [6, 6.07) is 0. The predicted octanol–water partition coefficient (Wildman–Crippen LogP) is 5.13. The molecule has 0 amide bonds. The molecule has 1 heteroatoms. The van der Waals surface area contributed by atoms with E-state index in [4.69, 9.17) is 7.85 Å². The quantitative estimate of drug-likeness (QED) is 0.485. The van der Waals surface area contributed by atoms with Crippen LogP contribution in [0, 0.1) is 5.41 Å². The van der Waals surface area contributed by atoms with Crippen molar-refractivity contribution in [3.05, 3.63) is 0 Å². The van der Waals surface area contributed by atoms with E-state index in [1.807, 2.05) is 0 Å². The molecule has 0 aromatic heterocycles. The van der Waals surface area contributed by atoms with Crippen LogP contribution in [-0.4, -0.2) is 7.85 Å². The number of hydrogen-bond donors (Lipinski definition) is 0. The highest BCUT2D eigenvalue weighted by atomic mass is 14.4. The second-order valence-corrected chi connectivity index (χ2v) is 5.28. The average molecular weight is 208 g/mol. The first kappa shape index (κ1) is 15.1. The lowest BCUT2D eigenvalue weighted by molar-refractivity contribution is 0.154. The average Bonchev–Trinajstić information content (AvgIpc) is 2.25. The number of unbranched alkanes of at least 4 members (excludes halogenated alkanes) is 1. The molecule has 1 atom stereocenters. The fourth-order valence-corrected chi connectivity index (χ4v) is 2.85. The Morgan fingerprint density at radius 3 is 1.73 bits per heavy atom. The second-order valence-electron chi connectivity index (χ2n) is 5.28. The minimum Gasteiger partial charge on any atom is -0.0655 e. The fourth-order valence-electron chi connectivity index (χ4n) is 2.85. The Morgan fingerprint density at radius 1 is 0.867 bits per heavy atom. The summed E-state index contributed by atoms with van der Waals surface area (Å²) in [6.07, 6.45) is 8.60. The third-order valence-electron chi connectivity index (χ3n) is 4.35. The van der Waals surface area contributed by atoms with E-state index in [-0.39, 0.29) is 5.31 Å². The van der Waals surface area contributed by atoms with E-state index in [0.717, 1.165) is 12.8 Å². The van der Waals surface area contributed by atoms with Crippen molar-refractivity contribution in [1.82, 2.24) is 0 Å². The topological polar surface area (TPSA) is 0 Å². The highest BCUT2D eigenvalue weighted by Gasteiger charge is 2.39. The van der Waals surface area contributed by atoms with Gasteiger partial charge in [-0.2, -0.15) is 0 Å². The van der Waals surface area contributed by atoms with Crippen molar-refractivity contribution in [3.63, 3.8) is 0 Å². The molecule has 0 N–H and O–H groups in total. The summed E-state index contributed by atoms with van der Waals surface area (Å²) in [5, 5.41) is 0.0399. The lowest BCUT2D eigenvalue weighted by Gasteiger charge is -2.47. The summed E-state index contributed by atoms with van der Waals surface area (Å²) >= 11 is 0. The molecule has 15 heavy (non-hydrogen) atoms. The SMILES string of the molecule is [B]C(CC)(CC)C(C)(CCC)CCCC. The Kier molecular flexibility index (Phi) is 6.63. The van der Waals surface area contributed by atoms with Crippen LogP contribution in [0.25, 0.3) is 0 Å². The van der Waals surface area contributed by atoms with Gasteiger partial charge in [-0.25, -0.2) is 0 Å². The lowest BCUT2D eigenvalue weighted by Crippen LogP contribution is -2.34. The summed E-state index contributed by atoms with van der Waals surface area (Å²) in [6.45, 7) is 11.4. The normalized spacial score (nSPS) is 16.3. The van der Waals surface area contributed by atoms with E-state index < -0.39 is 0 Å². The van der Waals surface area contributed by atoms with Crippen molar-refractivity contribution in [2.75, 3.05) is 0 Å². The zero-order valence-electron chi connectivity index (χ0n) is 11.5. The fraction of sp³-hybridized carbons (Fsp3) is 1.00. The van der Waals surface area contributed by atoms with Crippen LogP contribution < -0.4 is 0 Å². The summed E-state index contributed by atoms with van der Waals surface area (Å²) in [5.74, 6) is 0. The van der Waals surface area contributed by atoms with Gasteiger partial charge >= 0.3 is 0 Å². The van der Waals surface area contributed by atoms with Crippen LogP contribution in [0.4, 0.5) is 0 Å². The maximum atomic E-state index is 6.60. The Labute approximate surface area is 98.6 Å². The van der Waals surface area contributed by atoms with E-state index >= 15 is 0 Å². The summed E-state index contributed by atoms with van der Waals surface area (Å²) in [7, 11) is 6.60. The summed E-state index contributed by atoms with van der Waals surface area (Å²) in [4.78, 5) is 0. The molecule has 0 fully saturated rings. The van der Waals surface area contributed by atoms with Gasteiger partial charge in [0.15, 0.2) is 0 Å². The van der Waals surface area contributed by atoms with E-state index in [9.17, 15) is 0 Å². The molecule has 0 spiro atoms. The van der Waals surface area contributed by atoms with Gasteiger partial charge in [0.05, 0.1) is 7.85 Å². The Bertz CT molecular complexity index is 161. The predicted molar refractivity (Wildman–Crippen MR) is 71.6 cm³/mol. The Hall–Kier alpha value is 0.0649. The van der Waals surface area contributed by atoms with Gasteiger partial charge in [0.2, 0.25) is 0 Å². The van der Waals surface area contributed by atoms with E-state index in [0.29, 0.717) is 5.41 Å². The first-order valence-electron chi connectivity index (χ1n) is 6.78. The van der Waals surface area contributed by atoms with Gasteiger partial charge in [-0.1, -0.05) is 72.0 Å². The molecule has 2 radical (unpaired) electrons. The molecule has 1 unspecified atom stereocenters. The molecule has 0 nitrogen and oxygen atoms in total. The zero-order valence-corrected chi connectivity index (χ0v) is 11.5. The van der Waals surface area contributed by atoms with Gasteiger partial charge in [-0.15, -0.1) is 0 Å². The lowest BCUT2D eigenvalue weighted by atomic mass is 9.48. The molecule has 0 aliphatic carbocycles. The van der Waals surface area contributed by atoms with Gasteiger partial charge < -0.3 is 0 Å². The van der Waals surface area contributed by atoms with Crippen LogP contribution in [0.2, 0.25) is 5.31 Å². The minimum absolute atomic E-state index is 0.0399. The van der Waals surface area contributed by atoms with Crippen molar-refractivity contribution in [2.24, 2.45) is 5.41 Å². The molecule has 0 saturated carbocycles. The van der Waals surface area contributed by atoms with Gasteiger partial charge in [0.1, 0.15) is 0 Å². The van der Waals surface area contributed by atoms with Gasteiger partial charge in [-0.3, -0.25) is 0 Å². The molecule has 0 aliphatic rings. The van der Waals surface area contributed by atoms with Crippen molar-refractivity contribution in [2.45, 2.75) is 84.9 Å². The molecule has 0 aliphatic heterocycles. The van der Waals surface area contributed by atoms with E-state index in [2.05, 4.69) is 34.6 Å². The summed E-state index contributed by atoms with van der Waals surface area (Å²) in [5.41, 5.74) is 0.335. The van der Waals surface area contributed by atoms with E-state index in [1.54, 1.807) is 0 Å². The van der Waals surface area contributed by atoms with Gasteiger partial charge in [0.25, 0.3) is 0 Å².